The van der Waals surface area contributed by atoms with E-state index in [0.29, 0.717) is 6.04 Å². The zero-order valence-corrected chi connectivity index (χ0v) is 15.5. The number of thioether (sulfide) groups is 2. The van der Waals surface area contributed by atoms with Gasteiger partial charge in [-0.25, -0.2) is 0 Å². The van der Waals surface area contributed by atoms with Crippen molar-refractivity contribution in [2.24, 2.45) is 5.92 Å². The summed E-state index contributed by atoms with van der Waals surface area (Å²) in [5, 5.41) is 2.28. The van der Waals surface area contributed by atoms with Crippen LogP contribution in [-0.4, -0.2) is 29.8 Å². The molecule has 3 aliphatic heterocycles. The van der Waals surface area contributed by atoms with Crippen LogP contribution in [0.3, 0.4) is 0 Å². The fraction of sp³-hybridized carbons (Fsp3) is 0.500. The van der Waals surface area contributed by atoms with Crippen molar-refractivity contribution in [1.82, 2.24) is 4.90 Å². The van der Waals surface area contributed by atoms with Gasteiger partial charge in [0.05, 0.1) is 6.04 Å². The van der Waals surface area contributed by atoms with Crippen LogP contribution in [0.15, 0.2) is 56.7 Å². The van der Waals surface area contributed by atoms with Crippen molar-refractivity contribution in [2.75, 3.05) is 18.8 Å². The van der Waals surface area contributed by atoms with E-state index in [1.165, 1.54) is 25.9 Å². The molecule has 1 aliphatic carbocycles. The Morgan fingerprint density at radius 1 is 1.09 bits per heavy atom. The molecule has 0 aromatic heterocycles. The van der Waals surface area contributed by atoms with Crippen LogP contribution in [0.1, 0.15) is 32.6 Å². The third-order valence-corrected chi connectivity index (χ3v) is 7.72. The molecule has 0 amide bonds. The molecular formula is C20H25NS2. The summed E-state index contributed by atoms with van der Waals surface area (Å²) in [5.41, 5.74) is 4.77. The van der Waals surface area contributed by atoms with Gasteiger partial charge in [0.25, 0.3) is 0 Å². The first-order valence-corrected chi connectivity index (χ1v) is 10.7. The second-order valence-corrected chi connectivity index (χ2v) is 9.10. The quantitative estimate of drug-likeness (QED) is 0.618. The Balaban J connectivity index is 1.75. The Labute approximate surface area is 148 Å². The highest BCUT2D eigenvalue weighted by molar-refractivity contribution is 8.23. The van der Waals surface area contributed by atoms with Gasteiger partial charge in [0.15, 0.2) is 0 Å². The SMILES string of the molecule is CC1CCN(C2C3=C(C=CCC=C3)CSC3=C2CC=CS3)CC1. The molecule has 3 heteroatoms. The van der Waals surface area contributed by atoms with Gasteiger partial charge in [-0.1, -0.05) is 49.1 Å². The monoisotopic (exact) mass is 343 g/mol. The van der Waals surface area contributed by atoms with E-state index >= 15 is 0 Å². The lowest BCUT2D eigenvalue weighted by Crippen LogP contribution is -2.43. The molecule has 1 nitrogen and oxygen atoms in total. The molecule has 23 heavy (non-hydrogen) atoms. The van der Waals surface area contributed by atoms with Crippen molar-refractivity contribution in [1.29, 1.82) is 0 Å². The van der Waals surface area contributed by atoms with Crippen LogP contribution < -0.4 is 0 Å². The largest absolute Gasteiger partial charge is 0.293 e. The number of allylic oxidation sites excluding steroid dienone is 4. The summed E-state index contributed by atoms with van der Waals surface area (Å²) in [5.74, 6) is 2.01. The van der Waals surface area contributed by atoms with Gasteiger partial charge >= 0.3 is 0 Å². The van der Waals surface area contributed by atoms with Crippen LogP contribution in [0.5, 0.6) is 0 Å². The van der Waals surface area contributed by atoms with Gasteiger partial charge in [0, 0.05) is 9.99 Å². The molecule has 1 atom stereocenters. The van der Waals surface area contributed by atoms with E-state index in [9.17, 15) is 0 Å². The zero-order valence-electron chi connectivity index (χ0n) is 13.8. The van der Waals surface area contributed by atoms with Crippen LogP contribution >= 0.6 is 23.5 Å². The highest BCUT2D eigenvalue weighted by Crippen LogP contribution is 2.46. The molecule has 0 saturated carbocycles. The van der Waals surface area contributed by atoms with Gasteiger partial charge in [0.2, 0.25) is 0 Å². The normalized spacial score (nSPS) is 29.3. The van der Waals surface area contributed by atoms with Crippen LogP contribution in [-0.2, 0) is 0 Å². The minimum atomic E-state index is 0.499. The van der Waals surface area contributed by atoms with Crippen LogP contribution in [0.25, 0.3) is 0 Å². The van der Waals surface area contributed by atoms with Gasteiger partial charge in [-0.15, -0.1) is 11.8 Å². The minimum Gasteiger partial charge on any atom is -0.293 e. The van der Waals surface area contributed by atoms with E-state index < -0.39 is 0 Å². The topological polar surface area (TPSA) is 3.24 Å². The second-order valence-electron chi connectivity index (χ2n) is 6.94. The van der Waals surface area contributed by atoms with Crippen molar-refractivity contribution >= 4 is 23.5 Å². The minimum absolute atomic E-state index is 0.499. The molecule has 0 aromatic carbocycles. The number of rotatable bonds is 1. The molecule has 122 valence electrons. The van der Waals surface area contributed by atoms with Crippen molar-refractivity contribution in [3.05, 3.63) is 56.7 Å². The van der Waals surface area contributed by atoms with Gasteiger partial charge in [-0.05, 0) is 66.8 Å². The van der Waals surface area contributed by atoms with Crippen molar-refractivity contribution in [3.63, 3.8) is 0 Å². The maximum Gasteiger partial charge on any atom is 0.0586 e. The number of likely N-dealkylation sites (tertiary alicyclic amines) is 1. The lowest BCUT2D eigenvalue weighted by Gasteiger charge is -2.39. The smallest absolute Gasteiger partial charge is 0.0586 e. The molecule has 0 spiro atoms. The molecule has 1 saturated heterocycles. The lowest BCUT2D eigenvalue weighted by molar-refractivity contribution is 0.171. The van der Waals surface area contributed by atoms with E-state index in [1.54, 1.807) is 21.0 Å². The van der Waals surface area contributed by atoms with E-state index in [2.05, 4.69) is 59.4 Å². The van der Waals surface area contributed by atoms with Crippen LogP contribution in [0.2, 0.25) is 0 Å². The van der Waals surface area contributed by atoms with Crippen molar-refractivity contribution in [2.45, 2.75) is 38.6 Å². The Kier molecular flexibility index (Phi) is 4.88. The summed E-state index contributed by atoms with van der Waals surface area (Å²) in [6.07, 6.45) is 16.7. The highest BCUT2D eigenvalue weighted by Gasteiger charge is 2.33. The second kappa shape index (κ2) is 7.08. The summed E-state index contributed by atoms with van der Waals surface area (Å²) in [6.45, 7) is 4.90. The van der Waals surface area contributed by atoms with Crippen LogP contribution in [0, 0.1) is 5.92 Å². The third kappa shape index (κ3) is 3.29. The fourth-order valence-electron chi connectivity index (χ4n) is 3.91. The maximum absolute atomic E-state index is 2.76. The average molecular weight is 344 g/mol. The van der Waals surface area contributed by atoms with Gasteiger partial charge in [-0.3, -0.25) is 4.90 Å². The van der Waals surface area contributed by atoms with Crippen molar-refractivity contribution < 1.29 is 0 Å². The first-order valence-electron chi connectivity index (χ1n) is 8.80. The third-order valence-electron chi connectivity index (χ3n) is 5.30. The molecule has 1 fully saturated rings. The molecule has 4 aliphatic rings. The summed E-state index contributed by atoms with van der Waals surface area (Å²) >= 11 is 3.99. The van der Waals surface area contributed by atoms with E-state index in [1.807, 2.05) is 11.8 Å². The molecule has 0 radical (unpaired) electrons. The molecule has 0 aromatic rings. The zero-order chi connectivity index (χ0) is 15.6. The predicted molar refractivity (Wildman–Crippen MR) is 105 cm³/mol. The molecule has 1 unspecified atom stereocenters. The summed E-state index contributed by atoms with van der Waals surface area (Å²) in [6, 6.07) is 0.499. The summed E-state index contributed by atoms with van der Waals surface area (Å²) in [7, 11) is 0. The predicted octanol–water partition coefficient (Wildman–Crippen LogP) is 5.51. The Morgan fingerprint density at radius 2 is 1.91 bits per heavy atom. The fourth-order valence-corrected chi connectivity index (χ4v) is 6.12. The Morgan fingerprint density at radius 3 is 2.78 bits per heavy atom. The van der Waals surface area contributed by atoms with Crippen LogP contribution in [0.4, 0.5) is 0 Å². The Hall–Kier alpha value is -0.640. The average Bonchev–Trinajstić information content (AvgIpc) is 2.89. The van der Waals surface area contributed by atoms with E-state index in [-0.39, 0.29) is 0 Å². The number of hydrogen-bond donors (Lipinski definition) is 0. The summed E-state index contributed by atoms with van der Waals surface area (Å²) in [4.78, 5) is 2.76. The maximum atomic E-state index is 2.76. The molecule has 0 bridgehead atoms. The highest BCUT2D eigenvalue weighted by atomic mass is 32.2. The number of hydrogen-bond acceptors (Lipinski definition) is 3. The summed E-state index contributed by atoms with van der Waals surface area (Å²) < 4.78 is 1.56. The first-order chi connectivity index (χ1) is 11.3. The molecule has 4 rings (SSSR count). The van der Waals surface area contributed by atoms with Gasteiger partial charge < -0.3 is 0 Å². The lowest BCUT2D eigenvalue weighted by atomic mass is 9.89. The molecular weight excluding hydrogens is 318 g/mol. The standard InChI is InChI=1S/C20H25NS2/c1-15-9-11-21(12-10-15)19-17-7-4-2-3-6-16(17)14-23-20-18(19)8-5-13-22-20/h3-7,13,15,19H,2,8-12,14H2,1H3. The van der Waals surface area contributed by atoms with Gasteiger partial charge in [0.1, 0.15) is 0 Å². The first kappa shape index (κ1) is 15.9. The van der Waals surface area contributed by atoms with E-state index in [4.69, 9.17) is 0 Å². The number of piperidine rings is 1. The van der Waals surface area contributed by atoms with E-state index in [0.717, 1.165) is 24.5 Å². The molecule has 3 heterocycles. The van der Waals surface area contributed by atoms with Crippen molar-refractivity contribution in [3.8, 4) is 0 Å². The Bertz CT molecular complexity index is 616. The van der Waals surface area contributed by atoms with Gasteiger partial charge in [-0.2, -0.15) is 0 Å². The molecule has 0 N–H and O–H groups in total. The number of nitrogens with zero attached hydrogens (tertiary/aromatic N) is 1.